The van der Waals surface area contributed by atoms with Gasteiger partial charge < -0.3 is 9.64 Å². The van der Waals surface area contributed by atoms with Gasteiger partial charge in [-0.1, -0.05) is 12.1 Å². The highest BCUT2D eigenvalue weighted by Gasteiger charge is 2.47. The van der Waals surface area contributed by atoms with Gasteiger partial charge in [-0.25, -0.2) is 4.52 Å². The number of nitrogens with zero attached hydrogens (tertiary/aromatic N) is 4. The SMILES string of the molecule is O=C1CCC(N2Cc3c(ccc4c3OCC43CCN(Cc4cccc5ccnn45)CC3)C2=O)C(=O)N1. The molecular formula is C27H27N5O4. The van der Waals surface area contributed by atoms with Crippen molar-refractivity contribution in [1.82, 2.24) is 24.7 Å². The predicted molar refractivity (Wildman–Crippen MR) is 129 cm³/mol. The molecule has 184 valence electrons. The Balaban J connectivity index is 1.10. The molecule has 0 saturated carbocycles. The Kier molecular flexibility index (Phi) is 4.73. The van der Waals surface area contributed by atoms with Gasteiger partial charge in [0.15, 0.2) is 0 Å². The largest absolute Gasteiger partial charge is 0.492 e. The maximum Gasteiger partial charge on any atom is 0.255 e. The Bertz CT molecular complexity index is 1420. The van der Waals surface area contributed by atoms with Gasteiger partial charge in [0.25, 0.3) is 5.91 Å². The molecule has 3 aromatic rings. The van der Waals surface area contributed by atoms with E-state index in [0.717, 1.165) is 49.3 Å². The van der Waals surface area contributed by atoms with Crippen molar-refractivity contribution < 1.29 is 19.1 Å². The van der Waals surface area contributed by atoms with Crippen molar-refractivity contribution in [3.8, 4) is 5.75 Å². The van der Waals surface area contributed by atoms with Crippen LogP contribution in [0.5, 0.6) is 5.75 Å². The van der Waals surface area contributed by atoms with E-state index in [2.05, 4.69) is 39.6 Å². The van der Waals surface area contributed by atoms with E-state index in [-0.39, 0.29) is 29.6 Å². The first-order valence-electron chi connectivity index (χ1n) is 12.6. The van der Waals surface area contributed by atoms with Gasteiger partial charge in [-0.15, -0.1) is 0 Å². The van der Waals surface area contributed by atoms with Crippen LogP contribution in [0.4, 0.5) is 0 Å². The molecule has 3 amide bonds. The van der Waals surface area contributed by atoms with Crippen LogP contribution in [-0.2, 0) is 28.1 Å². The second kappa shape index (κ2) is 7.89. The van der Waals surface area contributed by atoms with Gasteiger partial charge >= 0.3 is 0 Å². The van der Waals surface area contributed by atoms with Crippen LogP contribution in [0.25, 0.3) is 5.52 Å². The number of piperidine rings is 2. The molecule has 36 heavy (non-hydrogen) atoms. The van der Waals surface area contributed by atoms with Gasteiger partial charge in [-0.3, -0.25) is 24.6 Å². The van der Waals surface area contributed by atoms with Crippen LogP contribution < -0.4 is 10.1 Å². The molecule has 1 N–H and O–H groups in total. The minimum Gasteiger partial charge on any atom is -0.492 e. The number of aromatic nitrogens is 2. The Morgan fingerprint density at radius 2 is 1.94 bits per heavy atom. The number of amides is 3. The summed E-state index contributed by atoms with van der Waals surface area (Å²) in [7, 11) is 0. The lowest BCUT2D eigenvalue weighted by Gasteiger charge is -2.38. The lowest BCUT2D eigenvalue weighted by Crippen LogP contribution is -2.52. The summed E-state index contributed by atoms with van der Waals surface area (Å²) in [6.07, 6.45) is 4.41. The molecule has 6 heterocycles. The molecule has 1 atom stereocenters. The number of hydrogen-bond acceptors (Lipinski definition) is 6. The van der Waals surface area contributed by atoms with Gasteiger partial charge in [-0.2, -0.15) is 5.10 Å². The van der Waals surface area contributed by atoms with Crippen molar-refractivity contribution in [3.05, 3.63) is 65.0 Å². The molecule has 1 aromatic carbocycles. The van der Waals surface area contributed by atoms with E-state index in [1.165, 1.54) is 11.3 Å². The molecule has 9 nitrogen and oxygen atoms in total. The number of likely N-dealkylation sites (tertiary alicyclic amines) is 1. The number of benzene rings is 1. The summed E-state index contributed by atoms with van der Waals surface area (Å²) in [5.41, 5.74) is 4.92. The molecule has 1 unspecified atom stereocenters. The van der Waals surface area contributed by atoms with Gasteiger partial charge in [0.1, 0.15) is 11.8 Å². The topological polar surface area (TPSA) is 96.2 Å². The van der Waals surface area contributed by atoms with Crippen LogP contribution in [-0.4, -0.2) is 62.9 Å². The van der Waals surface area contributed by atoms with E-state index in [1.807, 2.05) is 22.8 Å². The maximum atomic E-state index is 13.2. The average molecular weight is 486 g/mol. The summed E-state index contributed by atoms with van der Waals surface area (Å²) in [5.74, 6) is -0.00120. The molecule has 7 rings (SSSR count). The number of hydrogen-bond donors (Lipinski definition) is 1. The molecule has 4 aliphatic heterocycles. The third-order valence-electron chi connectivity index (χ3n) is 8.43. The molecular weight excluding hydrogens is 458 g/mol. The van der Waals surface area contributed by atoms with Crippen LogP contribution in [0.3, 0.4) is 0 Å². The van der Waals surface area contributed by atoms with E-state index in [9.17, 15) is 14.4 Å². The standard InChI is InChI=1S/C27H27N5O4/c33-23-7-6-22(25(34)29-23)31-15-20-19(26(31)35)4-5-21-24(20)36-16-27(21)9-12-30(13-10-27)14-18-3-1-2-17-8-11-28-32(17)18/h1-5,8,11,22H,6-7,9-10,12-16H2,(H,29,33,34). The highest BCUT2D eigenvalue weighted by molar-refractivity contribution is 6.05. The van der Waals surface area contributed by atoms with E-state index in [4.69, 9.17) is 4.74 Å². The fraction of sp³-hybridized carbons (Fsp3) is 0.407. The number of carbonyl (C=O) groups is 3. The van der Waals surface area contributed by atoms with E-state index < -0.39 is 6.04 Å². The van der Waals surface area contributed by atoms with Gasteiger partial charge in [0.2, 0.25) is 11.8 Å². The summed E-state index contributed by atoms with van der Waals surface area (Å²) >= 11 is 0. The normalized spacial score (nSPS) is 23.2. The fourth-order valence-corrected chi connectivity index (χ4v) is 6.39. The number of nitrogens with one attached hydrogen (secondary N) is 1. The summed E-state index contributed by atoms with van der Waals surface area (Å²) in [6, 6.07) is 11.7. The van der Waals surface area contributed by atoms with Crippen LogP contribution in [0.15, 0.2) is 42.6 Å². The van der Waals surface area contributed by atoms with Crippen molar-refractivity contribution in [2.75, 3.05) is 19.7 Å². The summed E-state index contributed by atoms with van der Waals surface area (Å²) in [6.45, 7) is 3.73. The second-order valence-corrected chi connectivity index (χ2v) is 10.4. The van der Waals surface area contributed by atoms with E-state index in [1.54, 1.807) is 4.90 Å². The first-order valence-corrected chi connectivity index (χ1v) is 12.6. The highest BCUT2D eigenvalue weighted by atomic mass is 16.5. The van der Waals surface area contributed by atoms with Crippen molar-refractivity contribution in [3.63, 3.8) is 0 Å². The Labute approximate surface area is 208 Å². The zero-order chi connectivity index (χ0) is 24.4. The summed E-state index contributed by atoms with van der Waals surface area (Å²) in [5, 5.41) is 6.84. The Morgan fingerprint density at radius 3 is 2.78 bits per heavy atom. The van der Waals surface area contributed by atoms with Crippen LogP contribution in [0.1, 0.15) is 52.9 Å². The van der Waals surface area contributed by atoms with Crippen molar-refractivity contribution in [2.45, 2.75) is 50.2 Å². The van der Waals surface area contributed by atoms with E-state index >= 15 is 0 Å². The molecule has 2 aromatic heterocycles. The molecule has 2 saturated heterocycles. The Morgan fingerprint density at radius 1 is 1.08 bits per heavy atom. The first-order chi connectivity index (χ1) is 17.5. The first kappa shape index (κ1) is 21.6. The van der Waals surface area contributed by atoms with Crippen LogP contribution in [0, 0.1) is 0 Å². The Hall–Kier alpha value is -3.72. The van der Waals surface area contributed by atoms with Crippen LogP contribution >= 0.6 is 0 Å². The summed E-state index contributed by atoms with van der Waals surface area (Å²) < 4.78 is 8.30. The average Bonchev–Trinajstić information content (AvgIpc) is 3.58. The number of carbonyl (C=O) groups excluding carboxylic acids is 3. The minimum absolute atomic E-state index is 0.0519. The van der Waals surface area contributed by atoms with E-state index in [0.29, 0.717) is 25.1 Å². The van der Waals surface area contributed by atoms with Gasteiger partial charge in [0.05, 0.1) is 24.4 Å². The third kappa shape index (κ3) is 3.19. The number of ether oxygens (including phenoxy) is 1. The zero-order valence-corrected chi connectivity index (χ0v) is 19.9. The smallest absolute Gasteiger partial charge is 0.255 e. The van der Waals surface area contributed by atoms with Crippen LogP contribution in [0.2, 0.25) is 0 Å². The zero-order valence-electron chi connectivity index (χ0n) is 19.9. The fourth-order valence-electron chi connectivity index (χ4n) is 6.39. The quantitative estimate of drug-likeness (QED) is 0.571. The number of imide groups is 1. The predicted octanol–water partition coefficient (Wildman–Crippen LogP) is 2.02. The van der Waals surface area contributed by atoms with Gasteiger partial charge in [-0.05, 0) is 56.6 Å². The molecule has 9 heteroatoms. The minimum atomic E-state index is -0.615. The number of pyridine rings is 1. The number of rotatable bonds is 3. The van der Waals surface area contributed by atoms with Gasteiger partial charge in [0, 0.05) is 41.3 Å². The molecule has 4 aliphatic rings. The monoisotopic (exact) mass is 485 g/mol. The van der Waals surface area contributed by atoms with Crippen molar-refractivity contribution in [2.24, 2.45) is 0 Å². The molecule has 1 spiro atoms. The molecule has 0 aliphatic carbocycles. The van der Waals surface area contributed by atoms with Crippen molar-refractivity contribution in [1.29, 1.82) is 0 Å². The molecule has 0 radical (unpaired) electrons. The molecule has 2 fully saturated rings. The second-order valence-electron chi connectivity index (χ2n) is 10.4. The summed E-state index contributed by atoms with van der Waals surface area (Å²) in [4.78, 5) is 41.2. The third-order valence-corrected chi connectivity index (χ3v) is 8.43. The lowest BCUT2D eigenvalue weighted by atomic mass is 9.74. The number of fused-ring (bicyclic) bond motifs is 5. The maximum absolute atomic E-state index is 13.2. The molecule has 0 bridgehead atoms. The lowest BCUT2D eigenvalue weighted by molar-refractivity contribution is -0.136. The highest BCUT2D eigenvalue weighted by Crippen LogP contribution is 2.49. The van der Waals surface area contributed by atoms with Crippen molar-refractivity contribution >= 4 is 23.2 Å².